The first-order valence-corrected chi connectivity index (χ1v) is 6.82. The molecule has 5 N–H and O–H groups in total. The number of aromatic nitrogens is 2. The third-order valence-corrected chi connectivity index (χ3v) is 3.64. The Morgan fingerprint density at radius 3 is 2.77 bits per heavy atom. The number of halogens is 1. The first-order valence-electron chi connectivity index (χ1n) is 6.44. The first kappa shape index (κ1) is 16.7. The van der Waals surface area contributed by atoms with Gasteiger partial charge >= 0.3 is 5.69 Å². The predicted molar refractivity (Wildman–Crippen MR) is 77.8 cm³/mol. The van der Waals surface area contributed by atoms with Crippen LogP contribution in [0.4, 0.5) is 5.82 Å². The van der Waals surface area contributed by atoms with E-state index in [0.29, 0.717) is 5.69 Å². The highest BCUT2D eigenvalue weighted by Crippen LogP contribution is 2.39. The average Bonchev–Trinajstić information content (AvgIpc) is 2.63. The molecule has 2 rings (SSSR count). The molecule has 22 heavy (non-hydrogen) atoms. The summed E-state index contributed by atoms with van der Waals surface area (Å²) >= 11 is 5.35. The van der Waals surface area contributed by atoms with Crippen molar-refractivity contribution in [2.75, 3.05) is 5.73 Å². The van der Waals surface area contributed by atoms with E-state index in [4.69, 9.17) is 22.1 Å². The van der Waals surface area contributed by atoms with Crippen molar-refractivity contribution in [3.05, 3.63) is 22.2 Å². The van der Waals surface area contributed by atoms with Gasteiger partial charge < -0.3 is 25.8 Å². The Labute approximate surface area is 131 Å². The number of anilines is 1. The molecule has 1 aliphatic heterocycles. The third kappa shape index (κ3) is 2.58. The molecule has 1 unspecified atom stereocenters. The molecule has 0 saturated carbocycles. The molecule has 9 heteroatoms. The van der Waals surface area contributed by atoms with Crippen molar-refractivity contribution in [1.29, 1.82) is 0 Å². The SMILES string of the molecule is Cc1cc(N)nc(=O)n1[C@@H]1O[C@H]([C@@H](C)O)[C@H](O)C1(O)C#CCl. The summed E-state index contributed by atoms with van der Waals surface area (Å²) in [6.07, 6.45) is -5.24. The molecule has 1 aliphatic rings. The maximum Gasteiger partial charge on any atom is 0.351 e. The molecule has 0 spiro atoms. The lowest BCUT2D eigenvalue weighted by atomic mass is 9.93. The van der Waals surface area contributed by atoms with Crippen LogP contribution in [0.15, 0.2) is 10.9 Å². The van der Waals surface area contributed by atoms with Crippen LogP contribution in [0.3, 0.4) is 0 Å². The predicted octanol–water partition coefficient (Wildman–Crippen LogP) is -1.30. The van der Waals surface area contributed by atoms with E-state index in [1.54, 1.807) is 6.92 Å². The molecule has 0 aromatic carbocycles. The number of hydrogen-bond donors (Lipinski definition) is 4. The Balaban J connectivity index is 2.62. The minimum atomic E-state index is -2.18. The Morgan fingerprint density at radius 2 is 2.27 bits per heavy atom. The van der Waals surface area contributed by atoms with Gasteiger partial charge in [0.25, 0.3) is 0 Å². The summed E-state index contributed by atoms with van der Waals surface area (Å²) in [7, 11) is 0. The molecule has 0 bridgehead atoms. The minimum absolute atomic E-state index is 0.0105. The molecule has 0 radical (unpaired) electrons. The van der Waals surface area contributed by atoms with Crippen molar-refractivity contribution in [3.8, 4) is 11.3 Å². The second-order valence-corrected chi connectivity index (χ2v) is 5.35. The van der Waals surface area contributed by atoms with E-state index in [2.05, 4.69) is 10.9 Å². The van der Waals surface area contributed by atoms with Crippen LogP contribution < -0.4 is 11.4 Å². The summed E-state index contributed by atoms with van der Waals surface area (Å²) in [5.74, 6) is 2.25. The number of rotatable bonds is 2. The number of ether oxygens (including phenoxy) is 1. The van der Waals surface area contributed by atoms with Crippen molar-refractivity contribution < 1.29 is 20.1 Å². The first-order chi connectivity index (χ1) is 10.2. The van der Waals surface area contributed by atoms with E-state index < -0.39 is 35.8 Å². The lowest BCUT2D eigenvalue weighted by Crippen LogP contribution is -2.49. The van der Waals surface area contributed by atoms with E-state index in [1.807, 2.05) is 5.38 Å². The molecule has 1 aromatic rings. The van der Waals surface area contributed by atoms with Crippen molar-refractivity contribution in [1.82, 2.24) is 9.55 Å². The van der Waals surface area contributed by atoms with E-state index in [0.717, 1.165) is 4.57 Å². The standard InChI is InChI=1S/C13H16ClN3O5/c1-6-5-8(15)16-12(20)17(6)11-13(21,3-4-14)10(19)9(22-11)7(2)18/h5,7,9-11,18-19,21H,1-2H3,(H2,15,16,20)/t7-,9-,10+,11-,13?/m1/s1. The van der Waals surface area contributed by atoms with Gasteiger partial charge in [0.1, 0.15) is 18.0 Å². The van der Waals surface area contributed by atoms with Gasteiger partial charge in [-0.1, -0.05) is 0 Å². The van der Waals surface area contributed by atoms with Gasteiger partial charge in [0.05, 0.1) is 6.10 Å². The molecule has 0 amide bonds. The van der Waals surface area contributed by atoms with Crippen LogP contribution in [0, 0.1) is 18.2 Å². The van der Waals surface area contributed by atoms with Crippen molar-refractivity contribution in [2.24, 2.45) is 0 Å². The molecule has 1 aromatic heterocycles. The van der Waals surface area contributed by atoms with E-state index in [1.165, 1.54) is 13.0 Å². The van der Waals surface area contributed by atoms with Crippen LogP contribution in [-0.4, -0.2) is 48.8 Å². The molecule has 8 nitrogen and oxygen atoms in total. The maximum absolute atomic E-state index is 12.1. The lowest BCUT2D eigenvalue weighted by Gasteiger charge is -2.27. The molecular weight excluding hydrogens is 314 g/mol. The summed E-state index contributed by atoms with van der Waals surface area (Å²) in [6, 6.07) is 1.40. The maximum atomic E-state index is 12.1. The molecule has 1 fully saturated rings. The number of aliphatic hydroxyl groups excluding tert-OH is 2. The number of nitrogens with zero attached hydrogens (tertiary/aromatic N) is 2. The molecule has 2 heterocycles. The molecular formula is C13H16ClN3O5. The Morgan fingerprint density at radius 1 is 1.64 bits per heavy atom. The largest absolute Gasteiger partial charge is 0.391 e. The quantitative estimate of drug-likeness (QED) is 0.496. The highest BCUT2D eigenvalue weighted by atomic mass is 35.5. The number of aliphatic hydroxyl groups is 3. The zero-order valence-corrected chi connectivity index (χ0v) is 12.7. The van der Waals surface area contributed by atoms with E-state index in [9.17, 15) is 20.1 Å². The van der Waals surface area contributed by atoms with Crippen LogP contribution in [0.2, 0.25) is 0 Å². The number of aryl methyl sites for hydroxylation is 1. The van der Waals surface area contributed by atoms with Gasteiger partial charge in [0, 0.05) is 11.1 Å². The van der Waals surface area contributed by atoms with Crippen molar-refractivity contribution >= 4 is 17.4 Å². The summed E-state index contributed by atoms with van der Waals surface area (Å²) < 4.78 is 6.47. The fourth-order valence-electron chi connectivity index (χ4n) is 2.49. The lowest BCUT2D eigenvalue weighted by molar-refractivity contribution is -0.0891. The smallest absolute Gasteiger partial charge is 0.351 e. The van der Waals surface area contributed by atoms with Crippen LogP contribution in [0.1, 0.15) is 18.8 Å². The average molecular weight is 330 g/mol. The van der Waals surface area contributed by atoms with Crippen molar-refractivity contribution in [3.63, 3.8) is 0 Å². The fourth-order valence-corrected chi connectivity index (χ4v) is 2.64. The van der Waals surface area contributed by atoms with Gasteiger partial charge in [0.2, 0.25) is 5.60 Å². The van der Waals surface area contributed by atoms with Crippen LogP contribution >= 0.6 is 11.6 Å². The molecule has 5 atom stereocenters. The summed E-state index contributed by atoms with van der Waals surface area (Å²) in [5.41, 5.74) is 2.87. The topological polar surface area (TPSA) is 131 Å². The van der Waals surface area contributed by atoms with Crippen LogP contribution in [0.25, 0.3) is 0 Å². The van der Waals surface area contributed by atoms with Gasteiger partial charge in [-0.25, -0.2) is 4.79 Å². The summed E-state index contributed by atoms with van der Waals surface area (Å²) in [6.45, 7) is 2.93. The Bertz CT molecular complexity index is 695. The third-order valence-electron chi connectivity index (χ3n) is 3.55. The highest BCUT2D eigenvalue weighted by Gasteiger charge is 2.57. The molecule has 0 aliphatic carbocycles. The summed E-state index contributed by atoms with van der Waals surface area (Å²) in [5, 5.41) is 32.5. The van der Waals surface area contributed by atoms with Gasteiger partial charge in [-0.05, 0) is 37.4 Å². The number of nitrogens with two attached hydrogens (primary N) is 1. The van der Waals surface area contributed by atoms with E-state index >= 15 is 0 Å². The second-order valence-electron chi connectivity index (χ2n) is 5.16. The zero-order valence-electron chi connectivity index (χ0n) is 11.9. The van der Waals surface area contributed by atoms with Gasteiger partial charge in [-0.3, -0.25) is 4.57 Å². The zero-order chi connectivity index (χ0) is 16.7. The summed E-state index contributed by atoms with van der Waals surface area (Å²) in [4.78, 5) is 15.6. The van der Waals surface area contributed by atoms with E-state index in [-0.39, 0.29) is 5.82 Å². The van der Waals surface area contributed by atoms with Crippen LogP contribution in [-0.2, 0) is 4.74 Å². The fraction of sp³-hybridized carbons (Fsp3) is 0.538. The minimum Gasteiger partial charge on any atom is -0.391 e. The second kappa shape index (κ2) is 5.87. The number of hydrogen-bond acceptors (Lipinski definition) is 7. The van der Waals surface area contributed by atoms with Crippen LogP contribution in [0.5, 0.6) is 0 Å². The van der Waals surface area contributed by atoms with Gasteiger partial charge in [-0.15, -0.1) is 0 Å². The normalized spacial score (nSPS) is 32.4. The van der Waals surface area contributed by atoms with Gasteiger partial charge in [0.15, 0.2) is 6.23 Å². The number of nitrogen functional groups attached to an aromatic ring is 1. The monoisotopic (exact) mass is 329 g/mol. The molecule has 120 valence electrons. The van der Waals surface area contributed by atoms with Crippen molar-refractivity contribution in [2.45, 2.75) is 44.0 Å². The highest BCUT2D eigenvalue weighted by molar-refractivity contribution is 6.30. The van der Waals surface area contributed by atoms with Gasteiger partial charge in [-0.2, -0.15) is 4.98 Å². The molecule has 1 saturated heterocycles. The Kier molecular flexibility index (Phi) is 4.47. The Hall–Kier alpha value is -1.63.